The fraction of sp³-hybridized carbons (Fsp3) is 0. The average Bonchev–Trinajstić information content (AvgIpc) is 2.41. The van der Waals surface area contributed by atoms with Crippen LogP contribution in [-0.2, 0) is 4.79 Å². The van der Waals surface area contributed by atoms with Gasteiger partial charge in [0.2, 0.25) is 0 Å². The zero-order chi connectivity index (χ0) is 13.7. The van der Waals surface area contributed by atoms with Crippen molar-refractivity contribution in [3.63, 3.8) is 0 Å². The number of hydrogen-bond acceptors (Lipinski definition) is 2. The lowest BCUT2D eigenvalue weighted by atomic mass is 10.2. The van der Waals surface area contributed by atoms with Gasteiger partial charge in [0.25, 0.3) is 0 Å². The van der Waals surface area contributed by atoms with Gasteiger partial charge < -0.3 is 4.74 Å². The molecule has 0 aliphatic carbocycles. The molecule has 0 unspecified atom stereocenters. The lowest BCUT2D eigenvalue weighted by molar-refractivity contribution is -0.128. The Morgan fingerprint density at radius 1 is 1.05 bits per heavy atom. The van der Waals surface area contributed by atoms with Gasteiger partial charge in [0.15, 0.2) is 0 Å². The Hall–Kier alpha value is -1.69. The van der Waals surface area contributed by atoms with Crippen LogP contribution in [0.1, 0.15) is 5.56 Å². The lowest BCUT2D eigenvalue weighted by Crippen LogP contribution is -2.03. The van der Waals surface area contributed by atoms with Gasteiger partial charge in [-0.1, -0.05) is 12.1 Å². The van der Waals surface area contributed by atoms with Crippen molar-refractivity contribution >= 4 is 34.6 Å². The quantitative estimate of drug-likeness (QED) is 0.354. The van der Waals surface area contributed by atoms with Crippen LogP contribution in [0.25, 0.3) is 6.08 Å². The summed E-state index contributed by atoms with van der Waals surface area (Å²) < 4.78 is 18.9. The predicted octanol–water partition coefficient (Wildman–Crippen LogP) is 4.05. The summed E-state index contributed by atoms with van der Waals surface area (Å²) in [4.78, 5) is 11.6. The first-order valence-corrected chi connectivity index (χ1v) is 6.62. The molecule has 19 heavy (non-hydrogen) atoms. The van der Waals surface area contributed by atoms with Gasteiger partial charge in [-0.3, -0.25) is 0 Å². The van der Waals surface area contributed by atoms with Gasteiger partial charge in [0, 0.05) is 9.65 Å². The Balaban J connectivity index is 1.97. The Morgan fingerprint density at radius 2 is 1.68 bits per heavy atom. The summed E-state index contributed by atoms with van der Waals surface area (Å²) in [6.45, 7) is 0. The van der Waals surface area contributed by atoms with Gasteiger partial charge in [0.05, 0.1) is 0 Å². The Morgan fingerprint density at radius 3 is 2.32 bits per heavy atom. The van der Waals surface area contributed by atoms with E-state index in [0.29, 0.717) is 5.75 Å². The van der Waals surface area contributed by atoms with E-state index in [1.165, 1.54) is 18.2 Å². The highest BCUT2D eigenvalue weighted by molar-refractivity contribution is 14.1. The molecule has 2 nitrogen and oxygen atoms in total. The average molecular weight is 368 g/mol. The molecule has 4 heteroatoms. The maximum atomic E-state index is 12.7. The Bertz CT molecular complexity index is 589. The number of carbonyl (C=O) groups is 1. The van der Waals surface area contributed by atoms with Crippen molar-refractivity contribution < 1.29 is 13.9 Å². The van der Waals surface area contributed by atoms with E-state index in [0.717, 1.165) is 9.13 Å². The molecule has 0 saturated carbocycles. The standard InChI is InChI=1S/C15H10FIO2/c16-12-4-1-11(2-5-12)3-10-15(18)19-14-8-6-13(17)7-9-14/h1-10H/b10-3+. The van der Waals surface area contributed by atoms with E-state index in [1.54, 1.807) is 30.3 Å². The van der Waals surface area contributed by atoms with E-state index in [-0.39, 0.29) is 5.82 Å². The minimum Gasteiger partial charge on any atom is -0.423 e. The largest absolute Gasteiger partial charge is 0.423 e. The van der Waals surface area contributed by atoms with Crippen LogP contribution in [0.2, 0.25) is 0 Å². The highest BCUT2D eigenvalue weighted by Gasteiger charge is 2.00. The second-order valence-corrected chi connectivity index (χ2v) is 5.01. The van der Waals surface area contributed by atoms with Crippen molar-refractivity contribution in [3.8, 4) is 5.75 Å². The second-order valence-electron chi connectivity index (χ2n) is 3.76. The highest BCUT2D eigenvalue weighted by atomic mass is 127. The van der Waals surface area contributed by atoms with Crippen molar-refractivity contribution in [2.75, 3.05) is 0 Å². The third-order valence-corrected chi connectivity index (χ3v) is 3.03. The number of hydrogen-bond donors (Lipinski definition) is 0. The predicted molar refractivity (Wildman–Crippen MR) is 80.2 cm³/mol. The van der Waals surface area contributed by atoms with E-state index < -0.39 is 5.97 Å². The molecule has 0 fully saturated rings. The minimum atomic E-state index is -0.467. The van der Waals surface area contributed by atoms with E-state index in [4.69, 9.17) is 4.74 Å². The highest BCUT2D eigenvalue weighted by Crippen LogP contribution is 2.14. The molecule has 0 saturated heterocycles. The molecule has 0 spiro atoms. The molecule has 96 valence electrons. The van der Waals surface area contributed by atoms with E-state index in [1.807, 2.05) is 12.1 Å². The van der Waals surface area contributed by atoms with Gasteiger partial charge in [-0.05, 0) is 70.6 Å². The zero-order valence-electron chi connectivity index (χ0n) is 9.85. The first-order valence-electron chi connectivity index (χ1n) is 5.54. The minimum absolute atomic E-state index is 0.307. The van der Waals surface area contributed by atoms with Gasteiger partial charge in [-0.15, -0.1) is 0 Å². The Kier molecular flexibility index (Phi) is 4.68. The summed E-state index contributed by atoms with van der Waals surface area (Å²) in [5.74, 6) is -0.279. The number of halogens is 2. The third kappa shape index (κ3) is 4.48. The van der Waals surface area contributed by atoms with E-state index in [9.17, 15) is 9.18 Å². The zero-order valence-corrected chi connectivity index (χ0v) is 12.0. The van der Waals surface area contributed by atoms with Crippen LogP contribution in [0.4, 0.5) is 4.39 Å². The van der Waals surface area contributed by atoms with Gasteiger partial charge >= 0.3 is 5.97 Å². The van der Waals surface area contributed by atoms with Gasteiger partial charge in [-0.25, -0.2) is 9.18 Å². The first kappa shape index (κ1) is 13.7. The topological polar surface area (TPSA) is 26.3 Å². The molecule has 2 aromatic rings. The molecule has 0 heterocycles. The molecule has 2 rings (SSSR count). The lowest BCUT2D eigenvalue weighted by Gasteiger charge is -2.00. The van der Waals surface area contributed by atoms with Crippen LogP contribution < -0.4 is 4.74 Å². The molecular weight excluding hydrogens is 358 g/mol. The third-order valence-electron chi connectivity index (χ3n) is 2.31. The number of carbonyl (C=O) groups excluding carboxylic acids is 1. The first-order chi connectivity index (χ1) is 9.13. The van der Waals surface area contributed by atoms with Crippen molar-refractivity contribution in [3.05, 3.63) is 69.6 Å². The van der Waals surface area contributed by atoms with Crippen molar-refractivity contribution in [2.45, 2.75) is 0 Å². The molecule has 0 atom stereocenters. The summed E-state index contributed by atoms with van der Waals surface area (Å²) in [6.07, 6.45) is 2.89. The van der Waals surface area contributed by atoms with Gasteiger partial charge in [-0.2, -0.15) is 0 Å². The number of esters is 1. The molecule has 0 N–H and O–H groups in total. The molecular formula is C15H10FIO2. The number of rotatable bonds is 3. The summed E-state index contributed by atoms with van der Waals surface area (Å²) in [5, 5.41) is 0. The summed E-state index contributed by atoms with van der Waals surface area (Å²) in [7, 11) is 0. The molecule has 2 aromatic carbocycles. The molecule has 0 aliphatic heterocycles. The van der Waals surface area contributed by atoms with Crippen molar-refractivity contribution in [1.82, 2.24) is 0 Å². The maximum absolute atomic E-state index is 12.7. The smallest absolute Gasteiger partial charge is 0.336 e. The van der Waals surface area contributed by atoms with Gasteiger partial charge in [0.1, 0.15) is 11.6 Å². The SMILES string of the molecule is O=C(/C=C/c1ccc(F)cc1)Oc1ccc(I)cc1. The number of benzene rings is 2. The van der Waals surface area contributed by atoms with Crippen LogP contribution in [0.5, 0.6) is 5.75 Å². The molecule has 0 aromatic heterocycles. The number of ether oxygens (including phenoxy) is 1. The van der Waals surface area contributed by atoms with Crippen LogP contribution >= 0.6 is 22.6 Å². The van der Waals surface area contributed by atoms with Crippen LogP contribution in [0.15, 0.2) is 54.6 Å². The molecule has 0 aliphatic rings. The summed E-state index contributed by atoms with van der Waals surface area (Å²) >= 11 is 2.17. The fourth-order valence-electron chi connectivity index (χ4n) is 1.39. The summed E-state index contributed by atoms with van der Waals surface area (Å²) in [6, 6.07) is 13.0. The molecule has 0 amide bonds. The van der Waals surface area contributed by atoms with E-state index in [2.05, 4.69) is 22.6 Å². The fourth-order valence-corrected chi connectivity index (χ4v) is 1.75. The molecule has 0 bridgehead atoms. The Labute approximate surface area is 124 Å². The normalized spacial score (nSPS) is 10.6. The second kappa shape index (κ2) is 6.47. The maximum Gasteiger partial charge on any atom is 0.336 e. The molecule has 0 radical (unpaired) electrons. The van der Waals surface area contributed by atoms with Crippen LogP contribution in [0, 0.1) is 9.39 Å². The monoisotopic (exact) mass is 368 g/mol. The van der Waals surface area contributed by atoms with Crippen LogP contribution in [0.3, 0.4) is 0 Å². The van der Waals surface area contributed by atoms with E-state index >= 15 is 0 Å². The van der Waals surface area contributed by atoms with Crippen molar-refractivity contribution in [2.24, 2.45) is 0 Å². The van der Waals surface area contributed by atoms with Crippen LogP contribution in [-0.4, -0.2) is 5.97 Å². The van der Waals surface area contributed by atoms with Crippen molar-refractivity contribution in [1.29, 1.82) is 0 Å². The summed E-state index contributed by atoms with van der Waals surface area (Å²) in [5.41, 5.74) is 0.737.